The summed E-state index contributed by atoms with van der Waals surface area (Å²) in [4.78, 5) is 0. The summed E-state index contributed by atoms with van der Waals surface area (Å²) in [7, 11) is 0. The van der Waals surface area contributed by atoms with E-state index in [-0.39, 0.29) is 12.4 Å². The van der Waals surface area contributed by atoms with Crippen LogP contribution in [0.4, 0.5) is 0 Å². The minimum atomic E-state index is 0. The van der Waals surface area contributed by atoms with Crippen LogP contribution in [-0.2, 0) is 0 Å². The number of nitrogens with one attached hydrogen (secondary N) is 1. The fourth-order valence-electron chi connectivity index (χ4n) is 2.40. The second-order valence-corrected chi connectivity index (χ2v) is 4.54. The molecule has 70 valence electrons. The van der Waals surface area contributed by atoms with E-state index in [1.54, 1.807) is 0 Å². The first-order chi connectivity index (χ1) is 5.84. The normalized spacial score (nSPS) is 28.4. The molecule has 1 N–H and O–H groups in total. The van der Waals surface area contributed by atoms with Crippen molar-refractivity contribution in [2.24, 2.45) is 0 Å². The third-order valence-electron chi connectivity index (χ3n) is 2.95. The molecule has 1 saturated heterocycles. The van der Waals surface area contributed by atoms with Crippen LogP contribution in [0.25, 0.3) is 0 Å². The predicted molar refractivity (Wildman–Crippen MR) is 59.2 cm³/mol. The summed E-state index contributed by atoms with van der Waals surface area (Å²) >= 11 is 3.51. The summed E-state index contributed by atoms with van der Waals surface area (Å²) in [5.41, 5.74) is 3.04. The van der Waals surface area contributed by atoms with E-state index in [9.17, 15) is 0 Å². The third kappa shape index (κ3) is 1.32. The van der Waals surface area contributed by atoms with Gasteiger partial charge in [-0.3, -0.25) is 0 Å². The maximum absolute atomic E-state index is 3.60. The Morgan fingerprint density at radius 3 is 2.62 bits per heavy atom. The van der Waals surface area contributed by atoms with E-state index in [1.807, 2.05) is 0 Å². The second-order valence-electron chi connectivity index (χ2n) is 3.62. The Bertz CT molecular complexity index is 340. The molecule has 1 nitrogen and oxygen atoms in total. The highest BCUT2D eigenvalue weighted by molar-refractivity contribution is 9.10. The van der Waals surface area contributed by atoms with Gasteiger partial charge in [-0.2, -0.15) is 0 Å². The van der Waals surface area contributed by atoms with Crippen molar-refractivity contribution in [1.82, 2.24) is 5.32 Å². The molecule has 2 unspecified atom stereocenters. The fourth-order valence-corrected chi connectivity index (χ4v) is 2.78. The Hall–Kier alpha value is -0.0500. The van der Waals surface area contributed by atoms with Crippen molar-refractivity contribution in [2.45, 2.75) is 24.9 Å². The fraction of sp³-hybridized carbons (Fsp3) is 0.400. The molecular weight excluding hydrogens is 249 g/mol. The van der Waals surface area contributed by atoms with E-state index >= 15 is 0 Å². The minimum absolute atomic E-state index is 0. The summed E-state index contributed by atoms with van der Waals surface area (Å²) in [6.45, 7) is 0. The number of hydrogen-bond donors (Lipinski definition) is 1. The van der Waals surface area contributed by atoms with Gasteiger partial charge in [-0.25, -0.2) is 0 Å². The van der Waals surface area contributed by atoms with E-state index in [0.717, 1.165) is 0 Å². The lowest BCUT2D eigenvalue weighted by atomic mass is 9.92. The quantitative estimate of drug-likeness (QED) is 0.754. The summed E-state index contributed by atoms with van der Waals surface area (Å²) < 4.78 is 1.20. The largest absolute Gasteiger partial charge is 0.303 e. The predicted octanol–water partition coefficient (Wildman–Crippen LogP) is 3.35. The topological polar surface area (TPSA) is 12.0 Å². The van der Waals surface area contributed by atoms with Gasteiger partial charge in [0.15, 0.2) is 0 Å². The van der Waals surface area contributed by atoms with E-state index < -0.39 is 0 Å². The first-order valence-corrected chi connectivity index (χ1v) is 5.19. The van der Waals surface area contributed by atoms with Gasteiger partial charge in [0, 0.05) is 16.6 Å². The Kier molecular flexibility index (Phi) is 2.39. The smallest absolute Gasteiger partial charge is 0.0330 e. The third-order valence-corrected chi connectivity index (χ3v) is 3.44. The van der Waals surface area contributed by atoms with E-state index in [0.29, 0.717) is 12.1 Å². The monoisotopic (exact) mass is 259 g/mol. The van der Waals surface area contributed by atoms with Crippen LogP contribution in [0.5, 0.6) is 0 Å². The number of fused-ring (bicyclic) bond motifs is 5. The molecular formula is C10H11BrClN. The van der Waals surface area contributed by atoms with E-state index in [1.165, 1.54) is 28.4 Å². The van der Waals surface area contributed by atoms with Gasteiger partial charge in [-0.05, 0) is 36.1 Å². The molecule has 13 heavy (non-hydrogen) atoms. The molecule has 1 fully saturated rings. The van der Waals surface area contributed by atoms with Gasteiger partial charge in [-0.1, -0.05) is 22.0 Å². The van der Waals surface area contributed by atoms with Crippen LogP contribution in [0, 0.1) is 0 Å². The zero-order chi connectivity index (χ0) is 8.13. The highest BCUT2D eigenvalue weighted by atomic mass is 79.9. The molecule has 0 aromatic heterocycles. The van der Waals surface area contributed by atoms with Crippen molar-refractivity contribution < 1.29 is 0 Å². The molecule has 0 saturated carbocycles. The average Bonchev–Trinajstić information content (AvgIpc) is 2.63. The van der Waals surface area contributed by atoms with Gasteiger partial charge < -0.3 is 5.32 Å². The summed E-state index contributed by atoms with van der Waals surface area (Å²) in [6, 6.07) is 7.93. The molecule has 3 heteroatoms. The number of hydrogen-bond acceptors (Lipinski definition) is 1. The molecule has 3 rings (SSSR count). The van der Waals surface area contributed by atoms with Crippen LogP contribution < -0.4 is 5.32 Å². The maximum atomic E-state index is 3.60. The zero-order valence-electron chi connectivity index (χ0n) is 7.09. The molecule has 0 spiro atoms. The van der Waals surface area contributed by atoms with Crippen LogP contribution in [0.2, 0.25) is 0 Å². The van der Waals surface area contributed by atoms with Gasteiger partial charge >= 0.3 is 0 Å². The van der Waals surface area contributed by atoms with Crippen LogP contribution in [0.15, 0.2) is 22.7 Å². The van der Waals surface area contributed by atoms with Crippen molar-refractivity contribution in [3.05, 3.63) is 33.8 Å². The molecule has 2 heterocycles. The number of rotatable bonds is 0. The average molecular weight is 261 g/mol. The molecule has 2 aliphatic heterocycles. The van der Waals surface area contributed by atoms with Crippen molar-refractivity contribution >= 4 is 28.3 Å². The first kappa shape index (κ1) is 9.50. The Balaban J connectivity index is 0.000000653. The lowest BCUT2D eigenvalue weighted by Crippen LogP contribution is -2.05. The molecule has 0 aliphatic carbocycles. The summed E-state index contributed by atoms with van der Waals surface area (Å²) in [6.07, 6.45) is 2.63. The van der Waals surface area contributed by atoms with Crippen LogP contribution >= 0.6 is 28.3 Å². The lowest BCUT2D eigenvalue weighted by Gasteiger charge is -2.12. The molecule has 1 aromatic rings. The Morgan fingerprint density at radius 2 is 1.85 bits per heavy atom. The van der Waals surface area contributed by atoms with E-state index in [2.05, 4.69) is 39.4 Å². The highest BCUT2D eigenvalue weighted by Gasteiger charge is 2.35. The van der Waals surface area contributed by atoms with Gasteiger partial charge in [0.05, 0.1) is 0 Å². The first-order valence-electron chi connectivity index (χ1n) is 4.40. The Labute approximate surface area is 92.5 Å². The standard InChI is InChI=1S/C10H10BrN.ClH/c11-6-1-2-7-8(5-6)10-4-3-9(7)12-10;/h1-2,5,9-10,12H,3-4H2;1H. The van der Waals surface area contributed by atoms with E-state index in [4.69, 9.17) is 0 Å². The van der Waals surface area contributed by atoms with Crippen molar-refractivity contribution in [1.29, 1.82) is 0 Å². The zero-order valence-corrected chi connectivity index (χ0v) is 9.49. The second kappa shape index (κ2) is 3.26. The lowest BCUT2D eigenvalue weighted by molar-refractivity contribution is 0.639. The molecule has 1 aromatic carbocycles. The molecule has 2 bridgehead atoms. The Morgan fingerprint density at radius 1 is 1.15 bits per heavy atom. The van der Waals surface area contributed by atoms with Crippen LogP contribution in [0.3, 0.4) is 0 Å². The maximum Gasteiger partial charge on any atom is 0.0330 e. The van der Waals surface area contributed by atoms with Gasteiger partial charge in [0.2, 0.25) is 0 Å². The molecule has 0 radical (unpaired) electrons. The van der Waals surface area contributed by atoms with Crippen LogP contribution in [-0.4, -0.2) is 0 Å². The van der Waals surface area contributed by atoms with Gasteiger partial charge in [0.1, 0.15) is 0 Å². The van der Waals surface area contributed by atoms with Crippen LogP contribution in [0.1, 0.15) is 36.1 Å². The van der Waals surface area contributed by atoms with Crippen molar-refractivity contribution in [3.63, 3.8) is 0 Å². The molecule has 0 amide bonds. The van der Waals surface area contributed by atoms with Crippen molar-refractivity contribution in [2.75, 3.05) is 0 Å². The number of benzene rings is 1. The number of halogens is 2. The van der Waals surface area contributed by atoms with Crippen molar-refractivity contribution in [3.8, 4) is 0 Å². The highest BCUT2D eigenvalue weighted by Crippen LogP contribution is 2.45. The molecule has 2 atom stereocenters. The summed E-state index contributed by atoms with van der Waals surface area (Å²) in [5, 5.41) is 3.60. The SMILES string of the molecule is Brc1ccc2c(c1)C1CCC2N1.Cl. The molecule has 2 aliphatic rings. The van der Waals surface area contributed by atoms with Gasteiger partial charge in [0.25, 0.3) is 0 Å². The van der Waals surface area contributed by atoms with Gasteiger partial charge in [-0.15, -0.1) is 12.4 Å². The summed E-state index contributed by atoms with van der Waals surface area (Å²) in [5.74, 6) is 0. The minimum Gasteiger partial charge on any atom is -0.303 e.